The molecule has 0 aromatic rings. The van der Waals surface area contributed by atoms with E-state index in [9.17, 15) is 4.91 Å². The quantitative estimate of drug-likeness (QED) is 0.460. The molecule has 0 spiro atoms. The maximum absolute atomic E-state index is 9.96. The van der Waals surface area contributed by atoms with Gasteiger partial charge in [0, 0.05) is 0 Å². The van der Waals surface area contributed by atoms with E-state index in [0.29, 0.717) is 0 Å². The van der Waals surface area contributed by atoms with E-state index in [-0.39, 0.29) is 13.2 Å². The Morgan fingerprint density at radius 2 is 1.80 bits per heavy atom. The van der Waals surface area contributed by atoms with E-state index in [2.05, 4.69) is 5.18 Å². The molecule has 1 fully saturated rings. The van der Waals surface area contributed by atoms with Gasteiger partial charge in [-0.2, -0.15) is 4.91 Å². The summed E-state index contributed by atoms with van der Waals surface area (Å²) in [5.74, 6) is 0. The first-order chi connectivity index (χ1) is 4.75. The number of rotatable bonds is 1. The Bertz CT molecular complexity index is 119. The fourth-order valence-electron chi connectivity index (χ4n) is 0.904. The van der Waals surface area contributed by atoms with E-state index in [1.54, 1.807) is 0 Å². The summed E-state index contributed by atoms with van der Waals surface area (Å²) in [7, 11) is 0. The van der Waals surface area contributed by atoms with Crippen LogP contribution in [0.3, 0.4) is 0 Å². The Morgan fingerprint density at radius 3 is 2.10 bits per heavy atom. The summed E-state index contributed by atoms with van der Waals surface area (Å²) < 4.78 is 4.73. The molecule has 1 rings (SSSR count). The van der Waals surface area contributed by atoms with E-state index < -0.39 is 18.2 Å². The van der Waals surface area contributed by atoms with Crippen LogP contribution in [0.4, 0.5) is 0 Å². The third-order valence-corrected chi connectivity index (χ3v) is 1.49. The smallest absolute Gasteiger partial charge is 0.148 e. The standard InChI is InChI=1S/C5H9NO4/c7-3-1-10-2-4(8)5(3)6-9/h3-5,7-8H,1-2H2/t3-,4+,5?. The predicted octanol–water partition coefficient (Wildman–Crippen LogP) is -1.13. The van der Waals surface area contributed by atoms with Gasteiger partial charge in [-0.1, -0.05) is 5.18 Å². The minimum absolute atomic E-state index is 0.0769. The molecule has 1 unspecified atom stereocenters. The van der Waals surface area contributed by atoms with Crippen LogP contribution in [-0.2, 0) is 4.74 Å². The Labute approximate surface area is 57.6 Å². The van der Waals surface area contributed by atoms with Gasteiger partial charge in [-0.15, -0.1) is 0 Å². The van der Waals surface area contributed by atoms with Crippen molar-refractivity contribution in [2.24, 2.45) is 5.18 Å². The zero-order chi connectivity index (χ0) is 7.56. The van der Waals surface area contributed by atoms with Gasteiger partial charge in [-0.3, -0.25) is 0 Å². The summed E-state index contributed by atoms with van der Waals surface area (Å²) >= 11 is 0. The van der Waals surface area contributed by atoms with Crippen molar-refractivity contribution in [2.75, 3.05) is 13.2 Å². The molecule has 1 saturated heterocycles. The normalized spacial score (nSPS) is 41.2. The van der Waals surface area contributed by atoms with Crippen LogP contribution in [0.1, 0.15) is 0 Å². The first kappa shape index (κ1) is 7.59. The highest BCUT2D eigenvalue weighted by atomic mass is 16.5. The number of hydrogen-bond donors (Lipinski definition) is 2. The molecule has 2 N–H and O–H groups in total. The number of aliphatic hydroxyl groups is 2. The minimum Gasteiger partial charge on any atom is -0.388 e. The van der Waals surface area contributed by atoms with E-state index in [1.165, 1.54) is 0 Å². The van der Waals surface area contributed by atoms with Crippen LogP contribution in [0, 0.1) is 4.91 Å². The van der Waals surface area contributed by atoms with Crippen molar-refractivity contribution in [1.82, 2.24) is 0 Å². The third-order valence-electron chi connectivity index (χ3n) is 1.49. The molecule has 0 bridgehead atoms. The predicted molar refractivity (Wildman–Crippen MR) is 32.4 cm³/mol. The van der Waals surface area contributed by atoms with Gasteiger partial charge in [0.05, 0.1) is 13.2 Å². The van der Waals surface area contributed by atoms with Crippen LogP contribution in [0.15, 0.2) is 5.18 Å². The zero-order valence-corrected chi connectivity index (χ0v) is 5.30. The first-order valence-electron chi connectivity index (χ1n) is 3.02. The highest BCUT2D eigenvalue weighted by Crippen LogP contribution is 2.11. The van der Waals surface area contributed by atoms with Gasteiger partial charge >= 0.3 is 0 Å². The second-order valence-electron chi connectivity index (χ2n) is 2.27. The Hall–Kier alpha value is -0.520. The van der Waals surface area contributed by atoms with E-state index in [0.717, 1.165) is 0 Å². The molecule has 3 atom stereocenters. The molecule has 0 aromatic carbocycles. The van der Waals surface area contributed by atoms with Crippen LogP contribution < -0.4 is 0 Å². The molecule has 0 radical (unpaired) electrons. The van der Waals surface area contributed by atoms with Crippen molar-refractivity contribution in [1.29, 1.82) is 0 Å². The van der Waals surface area contributed by atoms with Gasteiger partial charge in [-0.25, -0.2) is 0 Å². The van der Waals surface area contributed by atoms with Crippen LogP contribution in [0.2, 0.25) is 0 Å². The summed E-state index contributed by atoms with van der Waals surface area (Å²) in [6.07, 6.45) is -1.91. The van der Waals surface area contributed by atoms with Crippen molar-refractivity contribution < 1.29 is 14.9 Å². The topological polar surface area (TPSA) is 79.1 Å². The highest BCUT2D eigenvalue weighted by Gasteiger charge is 2.32. The fourth-order valence-corrected chi connectivity index (χ4v) is 0.904. The molecule has 10 heavy (non-hydrogen) atoms. The number of aliphatic hydroxyl groups excluding tert-OH is 2. The van der Waals surface area contributed by atoms with Crippen LogP contribution >= 0.6 is 0 Å². The van der Waals surface area contributed by atoms with Crippen molar-refractivity contribution >= 4 is 0 Å². The molecule has 0 aliphatic carbocycles. The average molecular weight is 147 g/mol. The molecule has 1 aliphatic heterocycles. The summed E-state index contributed by atoms with van der Waals surface area (Å²) in [4.78, 5) is 9.96. The molecular formula is C5H9NO4. The lowest BCUT2D eigenvalue weighted by atomic mass is 10.1. The van der Waals surface area contributed by atoms with Crippen molar-refractivity contribution in [3.8, 4) is 0 Å². The second-order valence-corrected chi connectivity index (χ2v) is 2.27. The molecule has 1 heterocycles. The maximum atomic E-state index is 9.96. The molecular weight excluding hydrogens is 138 g/mol. The summed E-state index contributed by atoms with van der Waals surface area (Å²) in [5, 5.41) is 20.5. The Kier molecular flexibility index (Phi) is 2.31. The number of hydrogen-bond acceptors (Lipinski definition) is 5. The number of nitrogens with zero attached hydrogens (tertiary/aromatic N) is 1. The maximum Gasteiger partial charge on any atom is 0.148 e. The molecule has 58 valence electrons. The molecule has 5 nitrogen and oxygen atoms in total. The monoisotopic (exact) mass is 147 g/mol. The van der Waals surface area contributed by atoms with E-state index >= 15 is 0 Å². The third kappa shape index (κ3) is 1.31. The molecule has 5 heteroatoms. The van der Waals surface area contributed by atoms with Crippen LogP contribution in [0.5, 0.6) is 0 Å². The van der Waals surface area contributed by atoms with Gasteiger partial charge in [-0.05, 0) is 0 Å². The SMILES string of the molecule is O=NC1[C@H](O)COC[C@@H]1O. The van der Waals surface area contributed by atoms with Gasteiger partial charge < -0.3 is 14.9 Å². The Balaban J connectivity index is 2.53. The van der Waals surface area contributed by atoms with Gasteiger partial charge in [0.25, 0.3) is 0 Å². The minimum atomic E-state index is -0.957. The van der Waals surface area contributed by atoms with E-state index in [1.807, 2.05) is 0 Å². The van der Waals surface area contributed by atoms with Crippen molar-refractivity contribution in [3.63, 3.8) is 0 Å². The van der Waals surface area contributed by atoms with Gasteiger partial charge in [0.1, 0.15) is 18.2 Å². The molecule has 1 aliphatic rings. The molecule has 0 aromatic heterocycles. The van der Waals surface area contributed by atoms with Crippen LogP contribution in [0.25, 0.3) is 0 Å². The first-order valence-corrected chi connectivity index (χ1v) is 3.02. The van der Waals surface area contributed by atoms with Crippen molar-refractivity contribution in [3.05, 3.63) is 4.91 Å². The van der Waals surface area contributed by atoms with Gasteiger partial charge in [0.2, 0.25) is 0 Å². The largest absolute Gasteiger partial charge is 0.388 e. The summed E-state index contributed by atoms with van der Waals surface area (Å²) in [6, 6.07) is -0.922. The second kappa shape index (κ2) is 3.05. The number of ether oxygens (including phenoxy) is 1. The van der Waals surface area contributed by atoms with Crippen LogP contribution in [-0.4, -0.2) is 41.7 Å². The number of nitroso groups, excluding NO2 is 1. The molecule has 0 saturated carbocycles. The zero-order valence-electron chi connectivity index (χ0n) is 5.30. The summed E-state index contributed by atoms with van der Waals surface area (Å²) in [5.41, 5.74) is 0. The highest BCUT2D eigenvalue weighted by molar-refractivity contribution is 4.85. The van der Waals surface area contributed by atoms with Gasteiger partial charge in [0.15, 0.2) is 0 Å². The Morgan fingerprint density at radius 1 is 1.30 bits per heavy atom. The molecule has 0 amide bonds. The summed E-state index contributed by atoms with van der Waals surface area (Å²) in [6.45, 7) is 0.154. The lowest BCUT2D eigenvalue weighted by Crippen LogP contribution is -2.46. The van der Waals surface area contributed by atoms with Crippen molar-refractivity contribution in [2.45, 2.75) is 18.2 Å². The van der Waals surface area contributed by atoms with E-state index in [4.69, 9.17) is 14.9 Å². The fraction of sp³-hybridized carbons (Fsp3) is 1.00. The average Bonchev–Trinajstić information content (AvgIpc) is 1.88. The lowest BCUT2D eigenvalue weighted by molar-refractivity contribution is -0.0853. The lowest BCUT2D eigenvalue weighted by Gasteiger charge is -2.26.